The van der Waals surface area contributed by atoms with Crippen molar-refractivity contribution in [1.82, 2.24) is 15.5 Å². The van der Waals surface area contributed by atoms with E-state index in [4.69, 9.17) is 4.43 Å². The second kappa shape index (κ2) is 10.0. The van der Waals surface area contributed by atoms with Crippen LogP contribution in [-0.4, -0.2) is 64.6 Å². The van der Waals surface area contributed by atoms with Gasteiger partial charge in [-0.3, -0.25) is 9.69 Å². The summed E-state index contributed by atoms with van der Waals surface area (Å²) in [5.74, 6) is -0.724. The molecule has 1 aromatic rings. The van der Waals surface area contributed by atoms with Gasteiger partial charge >= 0.3 is 6.18 Å². The van der Waals surface area contributed by atoms with Crippen LogP contribution in [0.1, 0.15) is 49.2 Å². The first-order chi connectivity index (χ1) is 14.2. The smallest absolute Gasteiger partial charge is 0.405 e. The van der Waals surface area contributed by atoms with Crippen molar-refractivity contribution < 1.29 is 22.4 Å². The van der Waals surface area contributed by atoms with E-state index in [2.05, 4.69) is 44.1 Å². The number of rotatable bonds is 8. The highest BCUT2D eigenvalue weighted by molar-refractivity contribution is 6.74. The number of nitrogens with one attached hydrogen (secondary N) is 2. The van der Waals surface area contributed by atoms with Crippen LogP contribution in [0.25, 0.3) is 0 Å². The minimum Gasteiger partial charge on any atom is -0.413 e. The molecule has 2 atom stereocenters. The molecule has 176 valence electrons. The van der Waals surface area contributed by atoms with E-state index in [0.717, 1.165) is 31.6 Å². The molecule has 1 unspecified atom stereocenters. The number of likely N-dealkylation sites (N-methyl/N-ethyl adjacent to an activating group) is 1. The number of carbonyl (C=O) groups is 1. The Morgan fingerprint density at radius 3 is 2.55 bits per heavy atom. The lowest BCUT2D eigenvalue weighted by Crippen LogP contribution is -2.44. The summed E-state index contributed by atoms with van der Waals surface area (Å²) in [6, 6.07) is 6.74. The highest BCUT2D eigenvalue weighted by Crippen LogP contribution is 2.38. The normalized spacial score (nSPS) is 19.5. The van der Waals surface area contributed by atoms with Gasteiger partial charge in [-0.05, 0) is 49.3 Å². The van der Waals surface area contributed by atoms with Crippen molar-refractivity contribution in [2.45, 2.75) is 63.6 Å². The van der Waals surface area contributed by atoms with Crippen LogP contribution in [0.2, 0.25) is 18.1 Å². The molecule has 1 aliphatic heterocycles. The van der Waals surface area contributed by atoms with Gasteiger partial charge in [-0.2, -0.15) is 13.2 Å². The molecule has 1 fully saturated rings. The van der Waals surface area contributed by atoms with Crippen LogP contribution in [0.5, 0.6) is 0 Å². The molecular formula is C22H36F3N3O2Si. The van der Waals surface area contributed by atoms with Crippen molar-refractivity contribution in [1.29, 1.82) is 0 Å². The van der Waals surface area contributed by atoms with Crippen molar-refractivity contribution in [2.24, 2.45) is 0 Å². The number of carbonyl (C=O) groups excluding carboxylic acids is 1. The predicted octanol–water partition coefficient (Wildman–Crippen LogP) is 4.34. The maximum Gasteiger partial charge on any atom is 0.405 e. The van der Waals surface area contributed by atoms with Gasteiger partial charge in [0.15, 0.2) is 8.32 Å². The van der Waals surface area contributed by atoms with E-state index < -0.39 is 26.9 Å². The Kier molecular flexibility index (Phi) is 8.35. The van der Waals surface area contributed by atoms with Gasteiger partial charge in [0, 0.05) is 31.2 Å². The largest absolute Gasteiger partial charge is 0.413 e. The lowest BCUT2D eigenvalue weighted by molar-refractivity contribution is -0.123. The number of halogens is 3. The standard InChI is InChI=1S/C22H36F3N3O2Si/c1-21(2,3)31(5,6)30-18-10-11-28(13-18)14-19(26-4)16-8-7-9-17(12-16)20(29)27-15-22(23,24)25/h7-9,12,18-19,26H,10-11,13-15H2,1-6H3,(H,27,29)/t18-,19?/m0/s1. The van der Waals surface area contributed by atoms with Crippen LogP contribution in [0, 0.1) is 0 Å². The van der Waals surface area contributed by atoms with Crippen LogP contribution in [0.4, 0.5) is 13.2 Å². The molecule has 1 aliphatic rings. The molecule has 1 aromatic carbocycles. The monoisotopic (exact) mass is 459 g/mol. The molecule has 1 saturated heterocycles. The average Bonchev–Trinajstić information content (AvgIpc) is 3.09. The van der Waals surface area contributed by atoms with Crippen molar-refractivity contribution in [2.75, 3.05) is 33.2 Å². The third-order valence-electron chi connectivity index (χ3n) is 6.29. The third-order valence-corrected chi connectivity index (χ3v) is 10.8. The minimum absolute atomic E-state index is 0.0398. The maximum absolute atomic E-state index is 12.4. The van der Waals surface area contributed by atoms with Crippen LogP contribution < -0.4 is 10.6 Å². The van der Waals surface area contributed by atoms with E-state index in [9.17, 15) is 18.0 Å². The molecule has 2 N–H and O–H groups in total. The fraction of sp³-hybridized carbons (Fsp3) is 0.682. The molecule has 0 aromatic heterocycles. The number of benzene rings is 1. The summed E-state index contributed by atoms with van der Waals surface area (Å²) in [7, 11) is 0.0279. The second-order valence-electron chi connectivity index (χ2n) is 9.81. The van der Waals surface area contributed by atoms with Gasteiger partial charge in [0.2, 0.25) is 0 Å². The average molecular weight is 460 g/mol. The summed E-state index contributed by atoms with van der Waals surface area (Å²) in [6.45, 7) is 12.4. The number of likely N-dealkylation sites (tertiary alicyclic amines) is 1. The topological polar surface area (TPSA) is 53.6 Å². The first-order valence-corrected chi connectivity index (χ1v) is 13.6. The zero-order chi connectivity index (χ0) is 23.4. The Balaban J connectivity index is 1.99. The molecule has 0 spiro atoms. The van der Waals surface area contributed by atoms with E-state index in [1.165, 1.54) is 6.07 Å². The predicted molar refractivity (Wildman–Crippen MR) is 120 cm³/mol. The van der Waals surface area contributed by atoms with Gasteiger partial charge in [-0.1, -0.05) is 32.9 Å². The number of amides is 1. The summed E-state index contributed by atoms with van der Waals surface area (Å²) in [6.07, 6.45) is -3.22. The van der Waals surface area contributed by atoms with Crippen LogP contribution in [-0.2, 0) is 4.43 Å². The van der Waals surface area contributed by atoms with Crippen LogP contribution in [0.15, 0.2) is 24.3 Å². The van der Waals surface area contributed by atoms with Crippen molar-refractivity contribution in [3.05, 3.63) is 35.4 Å². The molecule has 1 heterocycles. The molecule has 0 saturated carbocycles. The fourth-order valence-electron chi connectivity index (χ4n) is 3.45. The highest BCUT2D eigenvalue weighted by atomic mass is 28.4. The van der Waals surface area contributed by atoms with Gasteiger partial charge in [0.25, 0.3) is 5.91 Å². The summed E-state index contributed by atoms with van der Waals surface area (Å²) < 4.78 is 43.7. The lowest BCUT2D eigenvalue weighted by Gasteiger charge is -2.38. The second-order valence-corrected chi connectivity index (χ2v) is 14.6. The first kappa shape index (κ1) is 25.8. The highest BCUT2D eigenvalue weighted by Gasteiger charge is 2.40. The Bertz CT molecular complexity index is 750. The lowest BCUT2D eigenvalue weighted by atomic mass is 10.0. The summed E-state index contributed by atoms with van der Waals surface area (Å²) in [5, 5.41) is 5.37. The molecule has 0 aliphatic carbocycles. The van der Waals surface area contributed by atoms with Crippen molar-refractivity contribution >= 4 is 14.2 Å². The summed E-state index contributed by atoms with van der Waals surface area (Å²) in [4.78, 5) is 14.4. The zero-order valence-corrected chi connectivity index (χ0v) is 20.4. The molecule has 2 rings (SSSR count). The molecule has 1 amide bonds. The van der Waals surface area contributed by atoms with Crippen LogP contribution >= 0.6 is 0 Å². The maximum atomic E-state index is 12.4. The van der Waals surface area contributed by atoms with Gasteiger partial charge in [-0.15, -0.1) is 0 Å². The number of nitrogens with zero attached hydrogens (tertiary/aromatic N) is 1. The van der Waals surface area contributed by atoms with Gasteiger partial charge in [-0.25, -0.2) is 0 Å². The van der Waals surface area contributed by atoms with Gasteiger partial charge in [0.1, 0.15) is 6.54 Å². The number of hydrogen-bond donors (Lipinski definition) is 2. The van der Waals surface area contributed by atoms with E-state index >= 15 is 0 Å². The molecule has 9 heteroatoms. The number of alkyl halides is 3. The molecule has 0 bridgehead atoms. The fourth-order valence-corrected chi connectivity index (χ4v) is 4.83. The quantitative estimate of drug-likeness (QED) is 0.568. The van der Waals surface area contributed by atoms with E-state index in [-0.39, 0.29) is 22.7 Å². The van der Waals surface area contributed by atoms with E-state index in [0.29, 0.717) is 0 Å². The van der Waals surface area contributed by atoms with Crippen molar-refractivity contribution in [3.63, 3.8) is 0 Å². The van der Waals surface area contributed by atoms with Gasteiger partial charge < -0.3 is 15.1 Å². The Labute approximate surface area is 184 Å². The van der Waals surface area contributed by atoms with E-state index in [1.54, 1.807) is 12.1 Å². The van der Waals surface area contributed by atoms with Crippen LogP contribution in [0.3, 0.4) is 0 Å². The zero-order valence-electron chi connectivity index (χ0n) is 19.4. The summed E-state index contributed by atoms with van der Waals surface area (Å²) in [5.41, 5.74) is 1.10. The Hall–Kier alpha value is -1.42. The molecular weight excluding hydrogens is 423 g/mol. The molecule has 0 radical (unpaired) electrons. The molecule has 31 heavy (non-hydrogen) atoms. The number of hydrogen-bond acceptors (Lipinski definition) is 4. The molecule has 5 nitrogen and oxygen atoms in total. The summed E-state index contributed by atoms with van der Waals surface area (Å²) >= 11 is 0. The SMILES string of the molecule is CNC(CN1CC[C@H](O[Si](C)(C)C(C)(C)C)C1)c1cccc(C(=O)NCC(F)(F)F)c1. The van der Waals surface area contributed by atoms with E-state index in [1.807, 2.05) is 18.4 Å². The van der Waals surface area contributed by atoms with Crippen molar-refractivity contribution in [3.8, 4) is 0 Å². The first-order valence-electron chi connectivity index (χ1n) is 10.7. The van der Waals surface area contributed by atoms with Gasteiger partial charge in [0.05, 0.1) is 6.10 Å². The Morgan fingerprint density at radius 2 is 1.97 bits per heavy atom. The third kappa shape index (κ3) is 7.59. The Morgan fingerprint density at radius 1 is 1.29 bits per heavy atom. The minimum atomic E-state index is -4.43.